The number of hydrogen-bond acceptors (Lipinski definition) is 4. The van der Waals surface area contributed by atoms with Crippen LogP contribution < -0.4 is 10.1 Å². The summed E-state index contributed by atoms with van der Waals surface area (Å²) in [6, 6.07) is 13.8. The van der Waals surface area contributed by atoms with Gasteiger partial charge in [-0.15, -0.1) is 0 Å². The van der Waals surface area contributed by atoms with Gasteiger partial charge in [-0.1, -0.05) is 39.5 Å². The molecule has 1 amide bonds. The second-order valence-electron chi connectivity index (χ2n) is 6.95. The smallest absolute Gasteiger partial charge is 0.338 e. The molecule has 2 aromatic carbocycles. The molecule has 2 rings (SSSR count). The van der Waals surface area contributed by atoms with E-state index in [1.807, 2.05) is 19.1 Å². The Morgan fingerprint density at radius 2 is 1.41 bits per heavy atom. The third-order valence-electron chi connectivity index (χ3n) is 4.45. The maximum absolute atomic E-state index is 12.4. The molecule has 0 saturated carbocycles. The van der Waals surface area contributed by atoms with Crippen LogP contribution in [0.2, 0.25) is 0 Å². The Kier molecular flexibility index (Phi) is 9.76. The van der Waals surface area contributed by atoms with Crippen molar-refractivity contribution < 1.29 is 19.1 Å². The topological polar surface area (TPSA) is 64.6 Å². The molecule has 0 saturated heterocycles. The number of anilines is 1. The van der Waals surface area contributed by atoms with Crippen molar-refractivity contribution in [3.05, 3.63) is 59.7 Å². The van der Waals surface area contributed by atoms with Gasteiger partial charge in [0.15, 0.2) is 0 Å². The molecule has 2 aromatic rings. The highest BCUT2D eigenvalue weighted by molar-refractivity contribution is 6.04. The lowest BCUT2D eigenvalue weighted by Crippen LogP contribution is -2.12. The molecule has 5 nitrogen and oxygen atoms in total. The number of benzene rings is 2. The fraction of sp³-hybridized carbons (Fsp3) is 0.417. The largest absolute Gasteiger partial charge is 0.494 e. The average Bonchev–Trinajstić information content (AvgIpc) is 2.75. The van der Waals surface area contributed by atoms with Crippen molar-refractivity contribution in [3.8, 4) is 5.75 Å². The number of ether oxygens (including phenoxy) is 2. The minimum absolute atomic E-state index is 0.211. The maximum Gasteiger partial charge on any atom is 0.338 e. The second kappa shape index (κ2) is 12.6. The van der Waals surface area contributed by atoms with Gasteiger partial charge in [0.1, 0.15) is 5.75 Å². The van der Waals surface area contributed by atoms with Gasteiger partial charge >= 0.3 is 5.97 Å². The molecule has 0 spiro atoms. The number of nitrogens with one attached hydrogen (secondary N) is 1. The first kappa shape index (κ1) is 22.5. The molecule has 29 heavy (non-hydrogen) atoms. The van der Waals surface area contributed by atoms with E-state index >= 15 is 0 Å². The zero-order valence-electron chi connectivity index (χ0n) is 17.4. The number of amides is 1. The van der Waals surface area contributed by atoms with Crippen LogP contribution in [0.5, 0.6) is 5.75 Å². The molecule has 0 atom stereocenters. The number of rotatable bonds is 12. The first-order valence-corrected chi connectivity index (χ1v) is 10.5. The minimum Gasteiger partial charge on any atom is -0.494 e. The van der Waals surface area contributed by atoms with Crippen LogP contribution in [0.4, 0.5) is 5.69 Å². The van der Waals surface area contributed by atoms with E-state index in [9.17, 15) is 9.59 Å². The van der Waals surface area contributed by atoms with Crippen LogP contribution in [0.1, 0.15) is 73.1 Å². The molecular formula is C24H31NO4. The fourth-order valence-corrected chi connectivity index (χ4v) is 2.77. The van der Waals surface area contributed by atoms with Gasteiger partial charge in [-0.25, -0.2) is 4.79 Å². The summed E-state index contributed by atoms with van der Waals surface area (Å²) in [5, 5.41) is 2.83. The maximum atomic E-state index is 12.4. The van der Waals surface area contributed by atoms with Gasteiger partial charge < -0.3 is 14.8 Å². The van der Waals surface area contributed by atoms with E-state index in [0.717, 1.165) is 18.6 Å². The van der Waals surface area contributed by atoms with Gasteiger partial charge in [0.2, 0.25) is 0 Å². The van der Waals surface area contributed by atoms with E-state index in [1.54, 1.807) is 36.4 Å². The Labute approximate surface area is 173 Å². The summed E-state index contributed by atoms with van der Waals surface area (Å²) in [6.45, 7) is 5.24. The van der Waals surface area contributed by atoms with E-state index in [1.165, 1.54) is 25.7 Å². The summed E-state index contributed by atoms with van der Waals surface area (Å²) in [4.78, 5) is 24.2. The average molecular weight is 398 g/mol. The molecule has 0 aliphatic rings. The highest BCUT2D eigenvalue weighted by Crippen LogP contribution is 2.16. The SMILES string of the molecule is CCCCCCCOc1ccc(C(=O)Nc2ccc(C(=O)OCCC)cc2)cc1. The Balaban J connectivity index is 1.80. The number of hydrogen-bond donors (Lipinski definition) is 1. The van der Waals surface area contributed by atoms with Crippen LogP contribution in [0, 0.1) is 0 Å². The van der Waals surface area contributed by atoms with Gasteiger partial charge in [-0.05, 0) is 61.4 Å². The molecule has 156 valence electrons. The number of carbonyl (C=O) groups is 2. The summed E-state index contributed by atoms with van der Waals surface area (Å²) in [7, 11) is 0. The quantitative estimate of drug-likeness (QED) is 0.360. The van der Waals surface area contributed by atoms with Crippen molar-refractivity contribution >= 4 is 17.6 Å². The molecule has 0 bridgehead atoms. The van der Waals surface area contributed by atoms with Crippen LogP contribution in [-0.4, -0.2) is 25.1 Å². The van der Waals surface area contributed by atoms with Gasteiger partial charge in [0.25, 0.3) is 5.91 Å². The molecule has 0 aliphatic heterocycles. The molecule has 0 aromatic heterocycles. The summed E-state index contributed by atoms with van der Waals surface area (Å²) in [5.74, 6) is 0.204. The van der Waals surface area contributed by atoms with Crippen molar-refractivity contribution in [2.75, 3.05) is 18.5 Å². The molecule has 0 heterocycles. The van der Waals surface area contributed by atoms with Crippen molar-refractivity contribution in [1.29, 1.82) is 0 Å². The van der Waals surface area contributed by atoms with Crippen molar-refractivity contribution in [3.63, 3.8) is 0 Å². The monoisotopic (exact) mass is 397 g/mol. The van der Waals surface area contributed by atoms with Crippen LogP contribution in [-0.2, 0) is 4.74 Å². The Morgan fingerprint density at radius 1 is 0.759 bits per heavy atom. The Morgan fingerprint density at radius 3 is 2.07 bits per heavy atom. The lowest BCUT2D eigenvalue weighted by atomic mass is 10.1. The Hall–Kier alpha value is -2.82. The number of unbranched alkanes of at least 4 members (excludes halogenated alkanes) is 4. The summed E-state index contributed by atoms with van der Waals surface area (Å²) in [5.41, 5.74) is 1.63. The zero-order valence-corrected chi connectivity index (χ0v) is 17.4. The summed E-state index contributed by atoms with van der Waals surface area (Å²) < 4.78 is 10.8. The molecule has 1 N–H and O–H groups in total. The molecule has 0 unspecified atom stereocenters. The van der Waals surface area contributed by atoms with Gasteiger partial charge in [-0.2, -0.15) is 0 Å². The molecule has 0 fully saturated rings. The van der Waals surface area contributed by atoms with Gasteiger partial charge in [0.05, 0.1) is 18.8 Å². The van der Waals surface area contributed by atoms with Gasteiger partial charge in [-0.3, -0.25) is 4.79 Å². The normalized spacial score (nSPS) is 10.4. The summed E-state index contributed by atoms with van der Waals surface area (Å²) >= 11 is 0. The first-order chi connectivity index (χ1) is 14.1. The summed E-state index contributed by atoms with van der Waals surface area (Å²) in [6.07, 6.45) is 6.77. The van der Waals surface area contributed by atoms with E-state index in [2.05, 4.69) is 12.2 Å². The first-order valence-electron chi connectivity index (χ1n) is 10.5. The predicted octanol–water partition coefficient (Wildman–Crippen LogP) is 5.85. The van der Waals surface area contributed by atoms with Crippen LogP contribution in [0.3, 0.4) is 0 Å². The molecule has 5 heteroatoms. The molecule has 0 aliphatic carbocycles. The highest BCUT2D eigenvalue weighted by Gasteiger charge is 2.09. The lowest BCUT2D eigenvalue weighted by molar-refractivity contribution is 0.0505. The van der Waals surface area contributed by atoms with E-state index in [0.29, 0.717) is 30.0 Å². The predicted molar refractivity (Wildman–Crippen MR) is 116 cm³/mol. The highest BCUT2D eigenvalue weighted by atomic mass is 16.5. The fourth-order valence-electron chi connectivity index (χ4n) is 2.77. The zero-order chi connectivity index (χ0) is 20.9. The lowest BCUT2D eigenvalue weighted by Gasteiger charge is -2.09. The second-order valence-corrected chi connectivity index (χ2v) is 6.95. The van der Waals surface area contributed by atoms with Gasteiger partial charge in [0, 0.05) is 11.3 Å². The van der Waals surface area contributed by atoms with E-state index < -0.39 is 0 Å². The van der Waals surface area contributed by atoms with Crippen molar-refractivity contribution in [1.82, 2.24) is 0 Å². The number of esters is 1. The van der Waals surface area contributed by atoms with E-state index in [-0.39, 0.29) is 11.9 Å². The Bertz CT molecular complexity index is 753. The van der Waals surface area contributed by atoms with E-state index in [4.69, 9.17) is 9.47 Å². The third kappa shape index (κ3) is 7.98. The minimum atomic E-state index is -0.356. The van der Waals surface area contributed by atoms with Crippen molar-refractivity contribution in [2.24, 2.45) is 0 Å². The van der Waals surface area contributed by atoms with Crippen molar-refractivity contribution in [2.45, 2.75) is 52.4 Å². The van der Waals surface area contributed by atoms with Crippen LogP contribution >= 0.6 is 0 Å². The van der Waals surface area contributed by atoms with Crippen LogP contribution in [0.25, 0.3) is 0 Å². The number of carbonyl (C=O) groups excluding carboxylic acids is 2. The molecular weight excluding hydrogens is 366 g/mol. The van der Waals surface area contributed by atoms with Crippen LogP contribution in [0.15, 0.2) is 48.5 Å². The third-order valence-corrected chi connectivity index (χ3v) is 4.45. The standard InChI is InChI=1S/C24H31NO4/c1-3-5-6-7-8-18-28-22-15-11-19(12-16-22)23(26)25-21-13-9-20(10-14-21)24(27)29-17-4-2/h9-16H,3-8,17-18H2,1-2H3,(H,25,26). The molecule has 0 radical (unpaired) electrons.